The Labute approximate surface area is 196 Å². The summed E-state index contributed by atoms with van der Waals surface area (Å²) in [5.41, 5.74) is 0.310. The SMILES string of the molecule is N#Cc1ccc(N2C(=O)[C@H]3C4C[C@H](CN4C(=O)C(F)(F)C(F)(F)C(F)(F)F)N3C2=O)c2cccnc12. The zero-order chi connectivity index (χ0) is 26.4. The molecular formula is C21H12F7N5O3. The maximum absolute atomic E-state index is 14.1. The van der Waals surface area contributed by atoms with Gasteiger partial charge >= 0.3 is 24.1 Å². The number of benzene rings is 1. The van der Waals surface area contributed by atoms with E-state index in [1.165, 1.54) is 30.5 Å². The van der Waals surface area contributed by atoms with Crippen LogP contribution in [0, 0.1) is 11.3 Å². The number of urea groups is 1. The third-order valence-electron chi connectivity index (χ3n) is 6.65. The molecule has 3 saturated heterocycles. The number of imide groups is 1. The lowest BCUT2D eigenvalue weighted by Gasteiger charge is -2.38. The average molecular weight is 515 g/mol. The number of hydrogen-bond acceptors (Lipinski definition) is 5. The largest absolute Gasteiger partial charge is 0.460 e. The fraction of sp³-hybridized carbons (Fsp3) is 0.381. The average Bonchev–Trinajstić information content (AvgIpc) is 3.48. The number of nitrogens with zero attached hydrogens (tertiary/aromatic N) is 5. The number of hydrogen-bond donors (Lipinski definition) is 0. The lowest BCUT2D eigenvalue weighted by atomic mass is 10.0. The highest BCUT2D eigenvalue weighted by Gasteiger charge is 2.78. The van der Waals surface area contributed by atoms with Crippen LogP contribution in [0.15, 0.2) is 30.5 Å². The lowest BCUT2D eigenvalue weighted by molar-refractivity contribution is -0.346. The van der Waals surface area contributed by atoms with Crippen LogP contribution in [0.3, 0.4) is 0 Å². The highest BCUT2D eigenvalue weighted by molar-refractivity contribution is 6.25. The molecule has 4 heterocycles. The summed E-state index contributed by atoms with van der Waals surface area (Å²) in [7, 11) is 0. The summed E-state index contributed by atoms with van der Waals surface area (Å²) in [5, 5.41) is 9.52. The Hall–Kier alpha value is -3.96. The summed E-state index contributed by atoms with van der Waals surface area (Å²) in [6.45, 7) is -0.744. The summed E-state index contributed by atoms with van der Waals surface area (Å²) in [5.74, 6) is -16.5. The second-order valence-corrected chi connectivity index (χ2v) is 8.51. The van der Waals surface area contributed by atoms with Gasteiger partial charge in [-0.25, -0.2) is 9.69 Å². The molecule has 188 valence electrons. The van der Waals surface area contributed by atoms with Gasteiger partial charge < -0.3 is 9.80 Å². The lowest BCUT2D eigenvalue weighted by Crippen LogP contribution is -2.64. The van der Waals surface area contributed by atoms with E-state index in [9.17, 15) is 50.4 Å². The number of fused-ring (bicyclic) bond motifs is 6. The summed E-state index contributed by atoms with van der Waals surface area (Å²) < 4.78 is 92.9. The van der Waals surface area contributed by atoms with E-state index in [0.717, 1.165) is 4.90 Å². The van der Waals surface area contributed by atoms with Gasteiger partial charge in [-0.3, -0.25) is 14.6 Å². The second kappa shape index (κ2) is 7.28. The van der Waals surface area contributed by atoms with Gasteiger partial charge in [-0.15, -0.1) is 0 Å². The predicted octanol–water partition coefficient (Wildman–Crippen LogP) is 3.06. The number of amides is 4. The van der Waals surface area contributed by atoms with Crippen LogP contribution in [-0.4, -0.2) is 75.3 Å². The van der Waals surface area contributed by atoms with E-state index in [-0.39, 0.29) is 33.5 Å². The van der Waals surface area contributed by atoms with Gasteiger partial charge in [0, 0.05) is 18.1 Å². The van der Waals surface area contributed by atoms with Gasteiger partial charge in [0.15, 0.2) is 0 Å². The van der Waals surface area contributed by atoms with Crippen molar-refractivity contribution in [2.24, 2.45) is 0 Å². The van der Waals surface area contributed by atoms with Crippen LogP contribution in [0.5, 0.6) is 0 Å². The van der Waals surface area contributed by atoms with Crippen LogP contribution in [0.4, 0.5) is 41.2 Å². The first kappa shape index (κ1) is 23.8. The van der Waals surface area contributed by atoms with E-state index in [4.69, 9.17) is 0 Å². The molecule has 4 amide bonds. The van der Waals surface area contributed by atoms with Gasteiger partial charge in [0.2, 0.25) is 0 Å². The van der Waals surface area contributed by atoms with E-state index in [0.29, 0.717) is 4.90 Å². The standard InChI is InChI=1S/C21H12F7N5O3/c22-19(23,20(24,25)21(26,27)28)17(35)31-8-10-6-13(31)15-16(34)33(18(36)32(10)15)12-4-3-9(7-29)14-11(12)2-1-5-30-14/h1-5,10,13,15H,6,8H2/t10-,13?,15-/m1/s1. The zero-order valence-corrected chi connectivity index (χ0v) is 17.6. The van der Waals surface area contributed by atoms with Crippen molar-refractivity contribution < 1.29 is 45.1 Å². The van der Waals surface area contributed by atoms with Crippen molar-refractivity contribution in [1.29, 1.82) is 5.26 Å². The predicted molar refractivity (Wildman–Crippen MR) is 105 cm³/mol. The first-order valence-electron chi connectivity index (χ1n) is 10.3. The maximum Gasteiger partial charge on any atom is 0.460 e. The van der Waals surface area contributed by atoms with Crippen LogP contribution in [0.1, 0.15) is 12.0 Å². The molecule has 0 spiro atoms. The van der Waals surface area contributed by atoms with Gasteiger partial charge in [-0.05, 0) is 30.7 Å². The summed E-state index contributed by atoms with van der Waals surface area (Å²) in [4.78, 5) is 44.6. The highest BCUT2D eigenvalue weighted by atomic mass is 19.4. The van der Waals surface area contributed by atoms with E-state index in [2.05, 4.69) is 4.98 Å². The first-order chi connectivity index (χ1) is 16.7. The van der Waals surface area contributed by atoms with Gasteiger partial charge in [0.1, 0.15) is 12.1 Å². The van der Waals surface area contributed by atoms with Crippen molar-refractivity contribution in [3.8, 4) is 6.07 Å². The molecular weight excluding hydrogens is 503 g/mol. The molecule has 1 unspecified atom stereocenters. The molecule has 0 radical (unpaired) electrons. The molecule has 5 rings (SSSR count). The molecule has 0 aliphatic carbocycles. The van der Waals surface area contributed by atoms with Crippen LogP contribution in [0.25, 0.3) is 10.9 Å². The number of carbonyl (C=O) groups is 3. The molecule has 8 nitrogen and oxygen atoms in total. The van der Waals surface area contributed by atoms with Crippen LogP contribution < -0.4 is 4.90 Å². The third-order valence-corrected chi connectivity index (χ3v) is 6.65. The van der Waals surface area contributed by atoms with Crippen molar-refractivity contribution in [3.63, 3.8) is 0 Å². The van der Waals surface area contributed by atoms with Crippen molar-refractivity contribution in [2.75, 3.05) is 11.4 Å². The van der Waals surface area contributed by atoms with Gasteiger partial charge in [-0.2, -0.15) is 36.0 Å². The number of pyridine rings is 1. The Bertz CT molecular complexity index is 1370. The Morgan fingerprint density at radius 3 is 2.42 bits per heavy atom. The molecule has 3 fully saturated rings. The zero-order valence-electron chi connectivity index (χ0n) is 17.6. The molecule has 2 bridgehead atoms. The van der Waals surface area contributed by atoms with E-state index < -0.39 is 60.5 Å². The van der Waals surface area contributed by atoms with Crippen LogP contribution in [0.2, 0.25) is 0 Å². The van der Waals surface area contributed by atoms with Crippen LogP contribution in [-0.2, 0) is 9.59 Å². The number of carbonyl (C=O) groups excluding carboxylic acids is 3. The smallest absolute Gasteiger partial charge is 0.330 e. The number of anilines is 1. The molecule has 36 heavy (non-hydrogen) atoms. The van der Waals surface area contributed by atoms with Crippen LogP contribution >= 0.6 is 0 Å². The minimum absolute atomic E-state index is 0.00714. The molecule has 1 aromatic heterocycles. The number of alkyl halides is 7. The third kappa shape index (κ3) is 2.86. The van der Waals surface area contributed by atoms with Crippen molar-refractivity contribution in [2.45, 2.75) is 42.6 Å². The van der Waals surface area contributed by atoms with E-state index in [1.54, 1.807) is 0 Å². The summed E-state index contributed by atoms with van der Waals surface area (Å²) in [6.07, 6.45) is -5.57. The fourth-order valence-electron chi connectivity index (χ4n) is 5.05. The second-order valence-electron chi connectivity index (χ2n) is 8.51. The Balaban J connectivity index is 1.50. The fourth-order valence-corrected chi connectivity index (χ4v) is 5.05. The minimum Gasteiger partial charge on any atom is -0.330 e. The summed E-state index contributed by atoms with van der Waals surface area (Å²) in [6, 6.07) is 2.45. The number of rotatable bonds is 3. The number of piperazine rings is 1. The van der Waals surface area contributed by atoms with Gasteiger partial charge in [-0.1, -0.05) is 0 Å². The Morgan fingerprint density at radius 1 is 1.08 bits per heavy atom. The van der Waals surface area contributed by atoms with E-state index in [1.807, 2.05) is 6.07 Å². The molecule has 3 atom stereocenters. The Kier molecular flexibility index (Phi) is 4.80. The monoisotopic (exact) mass is 515 g/mol. The highest BCUT2D eigenvalue weighted by Crippen LogP contribution is 2.50. The molecule has 0 N–H and O–H groups in total. The van der Waals surface area contributed by atoms with E-state index >= 15 is 0 Å². The molecule has 1 aromatic carbocycles. The number of aromatic nitrogens is 1. The molecule has 3 aliphatic heterocycles. The normalized spacial score (nSPS) is 24.1. The number of likely N-dealkylation sites (tertiary alicyclic amines) is 1. The first-order valence-corrected chi connectivity index (χ1v) is 10.3. The minimum atomic E-state index is -6.70. The Morgan fingerprint density at radius 2 is 1.78 bits per heavy atom. The van der Waals surface area contributed by atoms with Crippen molar-refractivity contribution in [3.05, 3.63) is 36.0 Å². The van der Waals surface area contributed by atoms with Gasteiger partial charge in [0.25, 0.3) is 11.8 Å². The molecule has 3 aliphatic rings. The number of nitriles is 1. The van der Waals surface area contributed by atoms with Gasteiger partial charge in [0.05, 0.1) is 28.9 Å². The quantitative estimate of drug-likeness (QED) is 0.463. The van der Waals surface area contributed by atoms with Crippen molar-refractivity contribution in [1.82, 2.24) is 14.8 Å². The molecule has 2 aromatic rings. The van der Waals surface area contributed by atoms with Crippen molar-refractivity contribution >= 4 is 34.4 Å². The molecule has 15 heteroatoms. The maximum atomic E-state index is 14.1. The number of halogens is 7. The molecule has 0 saturated carbocycles. The summed E-state index contributed by atoms with van der Waals surface area (Å²) >= 11 is 0. The topological polar surface area (TPSA) is 97.6 Å².